The number of carbonyl (C=O) groups excluding carboxylic acids is 1. The third-order valence-electron chi connectivity index (χ3n) is 3.81. The molecule has 0 unspecified atom stereocenters. The topological polar surface area (TPSA) is 59.6 Å². The van der Waals surface area contributed by atoms with Crippen LogP contribution >= 0.6 is 0 Å². The maximum Gasteiger partial charge on any atom is 0.220 e. The minimum absolute atomic E-state index is 0.103. The number of ether oxygens (including phenoxy) is 2. The van der Waals surface area contributed by atoms with E-state index in [2.05, 4.69) is 10.6 Å². The van der Waals surface area contributed by atoms with Gasteiger partial charge in [0.2, 0.25) is 5.91 Å². The molecule has 21 heavy (non-hydrogen) atoms. The summed E-state index contributed by atoms with van der Waals surface area (Å²) in [4.78, 5) is 12.0. The zero-order valence-corrected chi connectivity index (χ0v) is 12.8. The van der Waals surface area contributed by atoms with Crippen LogP contribution in [0.2, 0.25) is 0 Å². The van der Waals surface area contributed by atoms with E-state index in [1.807, 2.05) is 18.2 Å². The Morgan fingerprint density at radius 1 is 1.29 bits per heavy atom. The second-order valence-corrected chi connectivity index (χ2v) is 5.27. The molecule has 5 nitrogen and oxygen atoms in total. The molecule has 1 aliphatic rings. The standard InChI is InChI=1S/C16H24N2O3/c1-20-14-4-5-15(21-2)12(11-14)3-6-16(19)18-13-7-9-17-10-8-13/h4-5,11,13,17H,3,6-10H2,1-2H3,(H,18,19). The highest BCUT2D eigenvalue weighted by atomic mass is 16.5. The lowest BCUT2D eigenvalue weighted by Gasteiger charge is -2.23. The zero-order valence-electron chi connectivity index (χ0n) is 12.8. The van der Waals surface area contributed by atoms with E-state index in [4.69, 9.17) is 9.47 Å². The van der Waals surface area contributed by atoms with Crippen molar-refractivity contribution in [1.82, 2.24) is 10.6 Å². The summed E-state index contributed by atoms with van der Waals surface area (Å²) in [7, 11) is 3.27. The number of piperidine rings is 1. The number of hydrogen-bond donors (Lipinski definition) is 2. The maximum absolute atomic E-state index is 12.0. The largest absolute Gasteiger partial charge is 0.497 e. The molecule has 1 aliphatic heterocycles. The van der Waals surface area contributed by atoms with Gasteiger partial charge in [0, 0.05) is 12.5 Å². The van der Waals surface area contributed by atoms with Crippen molar-refractivity contribution in [2.75, 3.05) is 27.3 Å². The van der Waals surface area contributed by atoms with Crippen molar-refractivity contribution in [2.45, 2.75) is 31.7 Å². The lowest BCUT2D eigenvalue weighted by Crippen LogP contribution is -2.42. The van der Waals surface area contributed by atoms with Crippen LogP contribution in [0.25, 0.3) is 0 Å². The molecule has 0 aromatic heterocycles. The van der Waals surface area contributed by atoms with Crippen LogP contribution in [0.5, 0.6) is 11.5 Å². The van der Waals surface area contributed by atoms with E-state index in [1.165, 1.54) is 0 Å². The molecule has 1 fully saturated rings. The molecule has 0 radical (unpaired) electrons. The van der Waals surface area contributed by atoms with Gasteiger partial charge in [-0.3, -0.25) is 4.79 Å². The van der Waals surface area contributed by atoms with Crippen LogP contribution in [0, 0.1) is 0 Å². The van der Waals surface area contributed by atoms with Crippen molar-refractivity contribution in [3.05, 3.63) is 23.8 Å². The van der Waals surface area contributed by atoms with Crippen molar-refractivity contribution in [2.24, 2.45) is 0 Å². The fourth-order valence-corrected chi connectivity index (χ4v) is 2.59. The van der Waals surface area contributed by atoms with Crippen LogP contribution in [0.3, 0.4) is 0 Å². The maximum atomic E-state index is 12.0. The smallest absolute Gasteiger partial charge is 0.220 e. The van der Waals surface area contributed by atoms with Gasteiger partial charge >= 0.3 is 0 Å². The lowest BCUT2D eigenvalue weighted by molar-refractivity contribution is -0.121. The number of aryl methyl sites for hydroxylation is 1. The first-order valence-electron chi connectivity index (χ1n) is 7.44. The van der Waals surface area contributed by atoms with Crippen molar-refractivity contribution < 1.29 is 14.3 Å². The molecular weight excluding hydrogens is 268 g/mol. The number of hydrogen-bond acceptors (Lipinski definition) is 4. The van der Waals surface area contributed by atoms with Crippen molar-refractivity contribution >= 4 is 5.91 Å². The summed E-state index contributed by atoms with van der Waals surface area (Å²) in [5.74, 6) is 1.68. The minimum atomic E-state index is 0.103. The number of methoxy groups -OCH3 is 2. The van der Waals surface area contributed by atoms with E-state index < -0.39 is 0 Å². The fraction of sp³-hybridized carbons (Fsp3) is 0.562. The lowest BCUT2D eigenvalue weighted by atomic mass is 10.0. The molecule has 1 aromatic rings. The fourth-order valence-electron chi connectivity index (χ4n) is 2.59. The van der Waals surface area contributed by atoms with Gasteiger partial charge < -0.3 is 20.1 Å². The van der Waals surface area contributed by atoms with E-state index in [-0.39, 0.29) is 5.91 Å². The SMILES string of the molecule is COc1ccc(OC)c(CCC(=O)NC2CCNCC2)c1. The van der Waals surface area contributed by atoms with Gasteiger partial charge in [-0.2, -0.15) is 0 Å². The molecule has 116 valence electrons. The van der Waals surface area contributed by atoms with E-state index in [9.17, 15) is 4.79 Å². The quantitative estimate of drug-likeness (QED) is 0.834. The van der Waals surface area contributed by atoms with Crippen LogP contribution in [0.15, 0.2) is 18.2 Å². The summed E-state index contributed by atoms with van der Waals surface area (Å²) in [6.07, 6.45) is 3.13. The van der Waals surface area contributed by atoms with E-state index in [0.29, 0.717) is 18.9 Å². The van der Waals surface area contributed by atoms with Crippen molar-refractivity contribution in [3.63, 3.8) is 0 Å². The molecule has 1 amide bonds. The monoisotopic (exact) mass is 292 g/mol. The van der Waals surface area contributed by atoms with Crippen LogP contribution in [-0.2, 0) is 11.2 Å². The Balaban J connectivity index is 1.87. The Bertz CT molecular complexity index is 471. The third kappa shape index (κ3) is 4.63. The van der Waals surface area contributed by atoms with Crippen LogP contribution in [-0.4, -0.2) is 39.3 Å². The molecule has 5 heteroatoms. The summed E-state index contributed by atoms with van der Waals surface area (Å²) < 4.78 is 10.6. The molecule has 1 heterocycles. The summed E-state index contributed by atoms with van der Waals surface area (Å²) in [6, 6.07) is 5.97. The van der Waals surface area contributed by atoms with E-state index in [1.54, 1.807) is 14.2 Å². The number of carbonyl (C=O) groups is 1. The molecule has 2 rings (SSSR count). The number of benzene rings is 1. The first kappa shape index (κ1) is 15.6. The number of amides is 1. The number of nitrogens with one attached hydrogen (secondary N) is 2. The highest BCUT2D eigenvalue weighted by molar-refractivity contribution is 5.76. The molecule has 0 atom stereocenters. The van der Waals surface area contributed by atoms with Crippen molar-refractivity contribution in [3.8, 4) is 11.5 Å². The van der Waals surface area contributed by atoms with Crippen molar-refractivity contribution in [1.29, 1.82) is 0 Å². The van der Waals surface area contributed by atoms with Gasteiger partial charge in [-0.25, -0.2) is 0 Å². The second kappa shape index (κ2) is 7.88. The van der Waals surface area contributed by atoms with Gasteiger partial charge in [0.15, 0.2) is 0 Å². The first-order chi connectivity index (χ1) is 10.2. The summed E-state index contributed by atoms with van der Waals surface area (Å²) in [5.41, 5.74) is 0.998. The highest BCUT2D eigenvalue weighted by Crippen LogP contribution is 2.25. The van der Waals surface area contributed by atoms with Gasteiger partial charge in [-0.1, -0.05) is 0 Å². The molecule has 0 spiro atoms. The van der Waals surface area contributed by atoms with E-state index >= 15 is 0 Å². The Kier molecular flexibility index (Phi) is 5.87. The van der Waals surface area contributed by atoms with E-state index in [0.717, 1.165) is 43.0 Å². The molecule has 2 N–H and O–H groups in total. The normalized spacial score (nSPS) is 15.5. The van der Waals surface area contributed by atoms with Gasteiger partial charge in [-0.05, 0) is 56.1 Å². The third-order valence-corrected chi connectivity index (χ3v) is 3.81. The zero-order chi connectivity index (χ0) is 15.1. The predicted molar refractivity (Wildman–Crippen MR) is 81.9 cm³/mol. The molecule has 0 saturated carbocycles. The summed E-state index contributed by atoms with van der Waals surface area (Å²) in [6.45, 7) is 1.96. The Labute approximate surface area is 126 Å². The van der Waals surface area contributed by atoms with Gasteiger partial charge in [-0.15, -0.1) is 0 Å². The summed E-state index contributed by atoms with van der Waals surface area (Å²) >= 11 is 0. The van der Waals surface area contributed by atoms with Crippen LogP contribution in [0.1, 0.15) is 24.8 Å². The number of rotatable bonds is 6. The summed E-state index contributed by atoms with van der Waals surface area (Å²) in [5, 5.41) is 6.40. The highest BCUT2D eigenvalue weighted by Gasteiger charge is 2.15. The molecular formula is C16H24N2O3. The van der Waals surface area contributed by atoms with Crippen LogP contribution < -0.4 is 20.1 Å². The average Bonchev–Trinajstić information content (AvgIpc) is 2.53. The molecule has 0 aliphatic carbocycles. The van der Waals surface area contributed by atoms with Gasteiger partial charge in [0.05, 0.1) is 14.2 Å². The van der Waals surface area contributed by atoms with Crippen LogP contribution in [0.4, 0.5) is 0 Å². The minimum Gasteiger partial charge on any atom is -0.497 e. The van der Waals surface area contributed by atoms with Gasteiger partial charge in [0.1, 0.15) is 11.5 Å². The van der Waals surface area contributed by atoms with Gasteiger partial charge in [0.25, 0.3) is 0 Å². The average molecular weight is 292 g/mol. The first-order valence-corrected chi connectivity index (χ1v) is 7.44. The Morgan fingerprint density at radius 3 is 2.71 bits per heavy atom. The molecule has 1 aromatic carbocycles. The Hall–Kier alpha value is -1.75. The molecule has 0 bridgehead atoms. The molecule has 1 saturated heterocycles. The predicted octanol–water partition coefficient (Wildman–Crippen LogP) is 1.50. The Morgan fingerprint density at radius 2 is 2.05 bits per heavy atom. The second-order valence-electron chi connectivity index (χ2n) is 5.27.